The van der Waals surface area contributed by atoms with E-state index in [0.717, 1.165) is 12.1 Å². The van der Waals surface area contributed by atoms with Crippen molar-refractivity contribution in [3.8, 4) is 5.75 Å². The Bertz CT molecular complexity index is 378. The molecule has 4 nitrogen and oxygen atoms in total. The molecule has 1 rings (SSSR count). The van der Waals surface area contributed by atoms with Crippen LogP contribution in [0.15, 0.2) is 18.5 Å². The standard InChI is InChI=1S/C14H22F2N2O2/c1-3-18-13(5-6-19-10-14(15)16)11-7-12(20-4-2)9-17-8-11/h7-9,13-14,18H,3-6,10H2,1-2H3. The molecule has 0 bridgehead atoms. The Hall–Kier alpha value is -1.27. The number of nitrogens with zero attached hydrogens (tertiary/aromatic N) is 1. The van der Waals surface area contributed by atoms with Gasteiger partial charge in [-0.1, -0.05) is 6.92 Å². The topological polar surface area (TPSA) is 43.4 Å². The van der Waals surface area contributed by atoms with Gasteiger partial charge in [0, 0.05) is 18.8 Å². The second-order valence-electron chi connectivity index (χ2n) is 4.25. The summed E-state index contributed by atoms with van der Waals surface area (Å²) in [6.45, 7) is 5.02. The maximum Gasteiger partial charge on any atom is 0.261 e. The molecule has 6 heteroatoms. The van der Waals surface area contributed by atoms with Crippen molar-refractivity contribution < 1.29 is 18.3 Å². The summed E-state index contributed by atoms with van der Waals surface area (Å²) in [5, 5.41) is 3.29. The summed E-state index contributed by atoms with van der Waals surface area (Å²) in [4.78, 5) is 4.14. The van der Waals surface area contributed by atoms with E-state index in [1.807, 2.05) is 19.9 Å². The van der Waals surface area contributed by atoms with Crippen molar-refractivity contribution in [2.45, 2.75) is 32.7 Å². The molecule has 0 radical (unpaired) electrons. The minimum atomic E-state index is -2.42. The Labute approximate surface area is 118 Å². The SMILES string of the molecule is CCNC(CCOCC(F)F)c1cncc(OCC)c1. The fourth-order valence-corrected chi connectivity index (χ4v) is 1.88. The lowest BCUT2D eigenvalue weighted by Gasteiger charge is -2.18. The lowest BCUT2D eigenvalue weighted by atomic mass is 10.1. The van der Waals surface area contributed by atoms with E-state index in [2.05, 4.69) is 10.3 Å². The number of hydrogen-bond acceptors (Lipinski definition) is 4. The summed E-state index contributed by atoms with van der Waals surface area (Å²) >= 11 is 0. The van der Waals surface area contributed by atoms with E-state index in [1.54, 1.807) is 12.4 Å². The van der Waals surface area contributed by atoms with E-state index >= 15 is 0 Å². The molecule has 1 aromatic rings. The zero-order valence-electron chi connectivity index (χ0n) is 11.9. The molecule has 0 spiro atoms. The lowest BCUT2D eigenvalue weighted by Crippen LogP contribution is -2.23. The van der Waals surface area contributed by atoms with Crippen LogP contribution in [-0.4, -0.2) is 37.8 Å². The number of halogens is 2. The number of rotatable bonds is 10. The highest BCUT2D eigenvalue weighted by Crippen LogP contribution is 2.20. The summed E-state index contributed by atoms with van der Waals surface area (Å²) in [5.74, 6) is 0.710. The third-order valence-electron chi connectivity index (χ3n) is 2.69. The van der Waals surface area contributed by atoms with Crippen molar-refractivity contribution >= 4 is 0 Å². The molecule has 1 unspecified atom stereocenters. The van der Waals surface area contributed by atoms with Crippen molar-refractivity contribution in [1.82, 2.24) is 10.3 Å². The van der Waals surface area contributed by atoms with Gasteiger partial charge in [0.2, 0.25) is 0 Å². The molecule has 20 heavy (non-hydrogen) atoms. The first-order chi connectivity index (χ1) is 9.67. The van der Waals surface area contributed by atoms with E-state index in [1.165, 1.54) is 0 Å². The third-order valence-corrected chi connectivity index (χ3v) is 2.69. The molecular weight excluding hydrogens is 266 g/mol. The largest absolute Gasteiger partial charge is 0.492 e. The normalized spacial score (nSPS) is 12.7. The fourth-order valence-electron chi connectivity index (χ4n) is 1.88. The molecule has 0 aromatic carbocycles. The van der Waals surface area contributed by atoms with Crippen molar-refractivity contribution in [3.05, 3.63) is 24.0 Å². The lowest BCUT2D eigenvalue weighted by molar-refractivity contribution is 0.0144. The first-order valence-corrected chi connectivity index (χ1v) is 6.84. The summed E-state index contributed by atoms with van der Waals surface area (Å²) in [5.41, 5.74) is 0.971. The van der Waals surface area contributed by atoms with Crippen LogP contribution in [0, 0.1) is 0 Å². The van der Waals surface area contributed by atoms with Crippen molar-refractivity contribution in [1.29, 1.82) is 0 Å². The molecule has 1 heterocycles. The quantitative estimate of drug-likeness (QED) is 0.672. The van der Waals surface area contributed by atoms with Gasteiger partial charge in [-0.2, -0.15) is 0 Å². The van der Waals surface area contributed by atoms with Gasteiger partial charge in [-0.25, -0.2) is 8.78 Å². The second kappa shape index (κ2) is 9.61. The molecule has 0 amide bonds. The van der Waals surface area contributed by atoms with E-state index in [-0.39, 0.29) is 12.6 Å². The molecule has 0 aliphatic heterocycles. The Morgan fingerprint density at radius 2 is 2.10 bits per heavy atom. The van der Waals surface area contributed by atoms with Crippen LogP contribution in [0.1, 0.15) is 31.9 Å². The van der Waals surface area contributed by atoms with Gasteiger partial charge in [-0.3, -0.25) is 4.98 Å². The van der Waals surface area contributed by atoms with Crippen LogP contribution in [-0.2, 0) is 4.74 Å². The highest BCUT2D eigenvalue weighted by Gasteiger charge is 2.12. The molecule has 0 fully saturated rings. The number of pyridine rings is 1. The molecule has 0 saturated heterocycles. The van der Waals surface area contributed by atoms with Crippen LogP contribution < -0.4 is 10.1 Å². The minimum absolute atomic E-state index is 0.0191. The van der Waals surface area contributed by atoms with Gasteiger partial charge in [0.15, 0.2) is 0 Å². The smallest absolute Gasteiger partial charge is 0.261 e. The molecule has 114 valence electrons. The summed E-state index contributed by atoms with van der Waals surface area (Å²) in [6, 6.07) is 1.93. The zero-order chi connectivity index (χ0) is 14.8. The van der Waals surface area contributed by atoms with E-state index in [4.69, 9.17) is 9.47 Å². The van der Waals surface area contributed by atoms with E-state index < -0.39 is 13.0 Å². The first-order valence-electron chi connectivity index (χ1n) is 6.84. The fraction of sp³-hybridized carbons (Fsp3) is 0.643. The zero-order valence-corrected chi connectivity index (χ0v) is 11.9. The molecule has 0 aliphatic carbocycles. The Balaban J connectivity index is 2.57. The van der Waals surface area contributed by atoms with Crippen LogP contribution >= 0.6 is 0 Å². The Morgan fingerprint density at radius 3 is 2.75 bits per heavy atom. The van der Waals surface area contributed by atoms with Crippen LogP contribution in [0.3, 0.4) is 0 Å². The monoisotopic (exact) mass is 288 g/mol. The summed E-state index contributed by atoms with van der Waals surface area (Å²) in [7, 11) is 0. The first kappa shape index (κ1) is 16.8. The predicted octanol–water partition coefficient (Wildman–Crippen LogP) is 2.80. The minimum Gasteiger partial charge on any atom is -0.492 e. The van der Waals surface area contributed by atoms with Crippen LogP contribution in [0.5, 0.6) is 5.75 Å². The van der Waals surface area contributed by atoms with Gasteiger partial charge in [-0.15, -0.1) is 0 Å². The molecule has 1 atom stereocenters. The van der Waals surface area contributed by atoms with Gasteiger partial charge in [0.05, 0.1) is 12.8 Å². The number of hydrogen-bond donors (Lipinski definition) is 1. The van der Waals surface area contributed by atoms with Gasteiger partial charge < -0.3 is 14.8 Å². The summed E-state index contributed by atoms with van der Waals surface area (Å²) < 4.78 is 34.3. The maximum atomic E-state index is 12.0. The third kappa shape index (κ3) is 6.25. The highest BCUT2D eigenvalue weighted by atomic mass is 19.3. The molecular formula is C14H22F2N2O2. The van der Waals surface area contributed by atoms with Gasteiger partial charge in [0.25, 0.3) is 6.43 Å². The number of alkyl halides is 2. The molecule has 0 saturated carbocycles. The van der Waals surface area contributed by atoms with E-state index in [0.29, 0.717) is 18.8 Å². The van der Waals surface area contributed by atoms with Crippen LogP contribution in [0.4, 0.5) is 8.78 Å². The van der Waals surface area contributed by atoms with Gasteiger partial charge in [0.1, 0.15) is 12.4 Å². The number of nitrogens with one attached hydrogen (secondary N) is 1. The van der Waals surface area contributed by atoms with Gasteiger partial charge in [-0.05, 0) is 31.5 Å². The molecule has 0 aliphatic rings. The summed E-state index contributed by atoms with van der Waals surface area (Å²) in [6.07, 6.45) is 1.60. The van der Waals surface area contributed by atoms with Gasteiger partial charge >= 0.3 is 0 Å². The Kier molecular flexibility index (Phi) is 8.06. The Morgan fingerprint density at radius 1 is 1.30 bits per heavy atom. The highest BCUT2D eigenvalue weighted by molar-refractivity contribution is 5.26. The second-order valence-corrected chi connectivity index (χ2v) is 4.25. The predicted molar refractivity (Wildman–Crippen MR) is 73.3 cm³/mol. The van der Waals surface area contributed by atoms with Crippen molar-refractivity contribution in [3.63, 3.8) is 0 Å². The number of aromatic nitrogens is 1. The van der Waals surface area contributed by atoms with Crippen LogP contribution in [0.25, 0.3) is 0 Å². The van der Waals surface area contributed by atoms with E-state index in [9.17, 15) is 8.78 Å². The number of ether oxygens (including phenoxy) is 2. The average Bonchev–Trinajstić information content (AvgIpc) is 2.43. The maximum absolute atomic E-state index is 12.0. The molecule has 1 N–H and O–H groups in total. The van der Waals surface area contributed by atoms with Crippen molar-refractivity contribution in [2.75, 3.05) is 26.4 Å². The molecule has 1 aromatic heterocycles. The average molecular weight is 288 g/mol. The van der Waals surface area contributed by atoms with Crippen molar-refractivity contribution in [2.24, 2.45) is 0 Å². The van der Waals surface area contributed by atoms with Crippen LogP contribution in [0.2, 0.25) is 0 Å².